The highest BCUT2D eigenvalue weighted by Crippen LogP contribution is 2.32. The van der Waals surface area contributed by atoms with E-state index in [-0.39, 0.29) is 5.91 Å². The summed E-state index contributed by atoms with van der Waals surface area (Å²) in [7, 11) is 0. The van der Waals surface area contributed by atoms with Crippen LogP contribution in [-0.4, -0.2) is 11.7 Å². The Bertz CT molecular complexity index is 817. The van der Waals surface area contributed by atoms with E-state index >= 15 is 0 Å². The van der Waals surface area contributed by atoms with E-state index in [9.17, 15) is 4.79 Å². The van der Waals surface area contributed by atoms with Gasteiger partial charge in [-0.05, 0) is 49.1 Å². The molecule has 0 heterocycles. The highest BCUT2D eigenvalue weighted by Gasteiger charge is 2.09. The number of hydrogen-bond acceptors (Lipinski definition) is 3. The molecule has 1 amide bonds. The molecule has 0 bridgehead atoms. The Morgan fingerprint density at radius 2 is 1.58 bits per heavy atom. The van der Waals surface area contributed by atoms with Crippen LogP contribution in [0.15, 0.2) is 63.3 Å². The van der Waals surface area contributed by atoms with Crippen molar-refractivity contribution in [2.75, 3.05) is 0 Å². The average Bonchev–Trinajstić information content (AvgIpc) is 2.77. The van der Waals surface area contributed by atoms with Crippen molar-refractivity contribution in [3.05, 3.63) is 54.1 Å². The van der Waals surface area contributed by atoms with Crippen LogP contribution in [0.25, 0.3) is 0 Å². The lowest BCUT2D eigenvalue weighted by molar-refractivity contribution is -0.119. The molecule has 2 aromatic carbocycles. The summed E-state index contributed by atoms with van der Waals surface area (Å²) in [5.41, 5.74) is 2.17. The molecule has 0 saturated carbocycles. The maximum atomic E-state index is 12.5. The summed E-state index contributed by atoms with van der Waals surface area (Å²) in [5, 5.41) is 3.09. The van der Waals surface area contributed by atoms with Gasteiger partial charge in [-0.3, -0.25) is 4.79 Å². The van der Waals surface area contributed by atoms with E-state index in [2.05, 4.69) is 68.6 Å². The van der Waals surface area contributed by atoms with Gasteiger partial charge in [0.1, 0.15) is 5.84 Å². The fourth-order valence-corrected chi connectivity index (χ4v) is 4.32. The van der Waals surface area contributed by atoms with E-state index < -0.39 is 0 Å². The molecule has 0 unspecified atom stereocenters. The van der Waals surface area contributed by atoms with E-state index in [0.717, 1.165) is 48.5 Å². The van der Waals surface area contributed by atoms with Crippen molar-refractivity contribution in [1.82, 2.24) is 5.32 Å². The number of carbonyl (C=O) groups excluding carboxylic acids is 1. The number of carbonyl (C=O) groups is 1. The quantitative estimate of drug-likeness (QED) is 0.195. The number of nitrogens with zero attached hydrogens (tertiary/aromatic N) is 1. The molecule has 0 fully saturated rings. The zero-order valence-corrected chi connectivity index (χ0v) is 20.3. The number of aliphatic imine (C=N–C) groups is 1. The van der Waals surface area contributed by atoms with Gasteiger partial charge in [0.15, 0.2) is 0 Å². The number of benzene rings is 2. The van der Waals surface area contributed by atoms with Crippen LogP contribution in [0.5, 0.6) is 0 Å². The fourth-order valence-electron chi connectivity index (χ4n) is 3.45. The molecule has 0 aliphatic heterocycles. The van der Waals surface area contributed by atoms with Crippen LogP contribution >= 0.6 is 11.8 Å². The van der Waals surface area contributed by atoms with Crippen molar-refractivity contribution in [3.8, 4) is 0 Å². The number of unbranched alkanes of at least 4 members (excludes halogenated alkanes) is 5. The highest BCUT2D eigenvalue weighted by molar-refractivity contribution is 7.99. The predicted molar refractivity (Wildman–Crippen MR) is 135 cm³/mol. The largest absolute Gasteiger partial charge is 0.314 e. The Balaban J connectivity index is 2.05. The van der Waals surface area contributed by atoms with Gasteiger partial charge in [0.25, 0.3) is 0 Å². The van der Waals surface area contributed by atoms with Gasteiger partial charge in [-0.2, -0.15) is 0 Å². The Morgan fingerprint density at radius 3 is 2.29 bits per heavy atom. The second-order valence-electron chi connectivity index (χ2n) is 7.93. The minimum absolute atomic E-state index is 0.0931. The van der Waals surface area contributed by atoms with Crippen molar-refractivity contribution in [2.45, 2.75) is 94.8 Å². The van der Waals surface area contributed by atoms with Crippen LogP contribution in [-0.2, 0) is 11.2 Å². The van der Waals surface area contributed by atoms with Crippen molar-refractivity contribution >= 4 is 29.2 Å². The number of rotatable bonds is 13. The lowest BCUT2D eigenvalue weighted by Crippen LogP contribution is -2.30. The molecule has 0 radical (unpaired) electrons. The first-order valence-electron chi connectivity index (χ1n) is 11.9. The minimum Gasteiger partial charge on any atom is -0.314 e. The minimum atomic E-state index is 0.0931. The third-order valence-electron chi connectivity index (χ3n) is 5.20. The van der Waals surface area contributed by atoms with Crippen molar-refractivity contribution in [1.29, 1.82) is 0 Å². The molecule has 2 aromatic rings. The molecular weight excluding hydrogens is 400 g/mol. The molecule has 31 heavy (non-hydrogen) atoms. The molecule has 0 atom stereocenters. The molecule has 0 aromatic heterocycles. The number of nitrogens with one attached hydrogen (secondary N) is 1. The first-order valence-corrected chi connectivity index (χ1v) is 12.7. The standard InChI is InChI=1S/C27H38N2OS/c1-4-7-8-9-10-14-18-27(30)29-26(15-5-2)28-25-21-24(20-19-22(25)6-3)31-23-16-12-11-13-17-23/h11-13,16-17,19-21H,4-10,14-15,18H2,1-3H3,(H,28,29,30). The third-order valence-corrected chi connectivity index (χ3v) is 6.20. The van der Waals surface area contributed by atoms with Crippen LogP contribution in [0, 0.1) is 0 Å². The van der Waals surface area contributed by atoms with Crippen LogP contribution in [0.4, 0.5) is 5.69 Å². The van der Waals surface area contributed by atoms with Crippen LogP contribution in [0.1, 0.15) is 84.1 Å². The van der Waals surface area contributed by atoms with Gasteiger partial charge >= 0.3 is 0 Å². The molecule has 0 aliphatic rings. The Kier molecular flexibility index (Phi) is 12.1. The second-order valence-corrected chi connectivity index (χ2v) is 9.08. The fraction of sp³-hybridized carbons (Fsp3) is 0.481. The van der Waals surface area contributed by atoms with Gasteiger partial charge in [-0.25, -0.2) is 4.99 Å². The smallest absolute Gasteiger partial charge is 0.225 e. The Labute approximate surface area is 193 Å². The van der Waals surface area contributed by atoms with Crippen molar-refractivity contribution in [2.24, 2.45) is 4.99 Å². The summed E-state index contributed by atoms with van der Waals surface area (Å²) >= 11 is 1.74. The lowest BCUT2D eigenvalue weighted by atomic mass is 10.1. The molecule has 2 rings (SSSR count). The van der Waals surface area contributed by atoms with Crippen LogP contribution in [0.2, 0.25) is 0 Å². The van der Waals surface area contributed by atoms with Gasteiger partial charge in [0.05, 0.1) is 5.69 Å². The summed E-state index contributed by atoms with van der Waals surface area (Å²) in [6.45, 7) is 6.49. The average molecular weight is 439 g/mol. The monoisotopic (exact) mass is 438 g/mol. The summed E-state index contributed by atoms with van der Waals surface area (Å²) in [4.78, 5) is 19.7. The van der Waals surface area contributed by atoms with Gasteiger partial charge in [-0.15, -0.1) is 0 Å². The highest BCUT2D eigenvalue weighted by atomic mass is 32.2. The van der Waals surface area contributed by atoms with Crippen LogP contribution < -0.4 is 5.32 Å². The number of hydrogen-bond donors (Lipinski definition) is 1. The molecule has 0 aliphatic carbocycles. The topological polar surface area (TPSA) is 41.5 Å². The van der Waals surface area contributed by atoms with Crippen molar-refractivity contribution in [3.63, 3.8) is 0 Å². The van der Waals surface area contributed by atoms with E-state index in [4.69, 9.17) is 4.99 Å². The van der Waals surface area contributed by atoms with E-state index in [1.54, 1.807) is 11.8 Å². The summed E-state index contributed by atoms with van der Waals surface area (Å²) in [6.07, 6.45) is 10.4. The molecule has 0 spiro atoms. The Hall–Kier alpha value is -2.07. The number of aryl methyl sites for hydroxylation is 1. The van der Waals surface area contributed by atoms with Gasteiger partial charge in [0, 0.05) is 22.6 Å². The van der Waals surface area contributed by atoms with Crippen LogP contribution in [0.3, 0.4) is 0 Å². The molecule has 0 saturated heterocycles. The SMILES string of the molecule is CCCCCCCCC(=O)NC(CCC)=Nc1cc(Sc2ccccc2)ccc1CC. The van der Waals surface area contributed by atoms with E-state index in [0.29, 0.717) is 6.42 Å². The first-order chi connectivity index (χ1) is 15.2. The number of amides is 1. The molecular formula is C27H38N2OS. The maximum absolute atomic E-state index is 12.5. The third kappa shape index (κ3) is 9.73. The summed E-state index contributed by atoms with van der Waals surface area (Å²) in [5.74, 6) is 0.880. The second kappa shape index (κ2) is 14.9. The zero-order chi connectivity index (χ0) is 22.3. The predicted octanol–water partition coefficient (Wildman–Crippen LogP) is 8.10. The lowest BCUT2D eigenvalue weighted by Gasteiger charge is -2.11. The molecule has 1 N–H and O–H groups in total. The van der Waals surface area contributed by atoms with Gasteiger partial charge in [-0.1, -0.05) is 88.9 Å². The zero-order valence-electron chi connectivity index (χ0n) is 19.5. The first kappa shape index (κ1) is 25.2. The van der Waals surface area contributed by atoms with Crippen molar-refractivity contribution < 1.29 is 4.79 Å². The van der Waals surface area contributed by atoms with E-state index in [1.807, 2.05) is 6.07 Å². The molecule has 168 valence electrons. The summed E-state index contributed by atoms with van der Waals surface area (Å²) < 4.78 is 0. The molecule has 4 heteroatoms. The summed E-state index contributed by atoms with van der Waals surface area (Å²) in [6, 6.07) is 16.8. The Morgan fingerprint density at radius 1 is 0.839 bits per heavy atom. The number of amidine groups is 1. The van der Waals surface area contributed by atoms with Gasteiger partial charge < -0.3 is 5.32 Å². The van der Waals surface area contributed by atoms with Gasteiger partial charge in [0.2, 0.25) is 5.91 Å². The van der Waals surface area contributed by atoms with E-state index in [1.165, 1.54) is 36.1 Å². The molecule has 3 nitrogen and oxygen atoms in total. The normalized spacial score (nSPS) is 11.5. The maximum Gasteiger partial charge on any atom is 0.225 e.